The van der Waals surface area contributed by atoms with Crippen molar-refractivity contribution in [3.05, 3.63) is 41.2 Å². The lowest BCUT2D eigenvalue weighted by molar-refractivity contribution is 0.410. The highest BCUT2D eigenvalue weighted by atomic mass is 16.5. The Morgan fingerprint density at radius 2 is 2.06 bits per heavy atom. The number of para-hydroxylation sites is 1. The Morgan fingerprint density at radius 3 is 2.71 bits per heavy atom. The molecule has 17 heavy (non-hydrogen) atoms. The van der Waals surface area contributed by atoms with Crippen LogP contribution in [0.4, 0.5) is 5.69 Å². The number of aromatic nitrogens is 2. The predicted molar refractivity (Wildman–Crippen MR) is 68.4 cm³/mol. The Labute approximate surface area is 101 Å². The Bertz CT molecular complexity index is 486. The van der Waals surface area contributed by atoms with E-state index in [-0.39, 0.29) is 0 Å². The number of anilines is 1. The fourth-order valence-electron chi connectivity index (χ4n) is 1.84. The van der Waals surface area contributed by atoms with Gasteiger partial charge in [-0.05, 0) is 19.9 Å². The summed E-state index contributed by atoms with van der Waals surface area (Å²) < 4.78 is 5.31. The molecule has 1 heterocycles. The van der Waals surface area contributed by atoms with E-state index in [0.717, 1.165) is 34.9 Å². The van der Waals surface area contributed by atoms with Crippen molar-refractivity contribution < 1.29 is 4.74 Å². The number of nitrogens with zero attached hydrogens (tertiary/aromatic N) is 1. The molecule has 0 unspecified atom stereocenters. The Morgan fingerprint density at radius 1 is 1.29 bits per heavy atom. The van der Waals surface area contributed by atoms with E-state index < -0.39 is 0 Å². The molecule has 1 aromatic heterocycles. The number of nitrogens with one attached hydrogen (secondary N) is 2. The number of methoxy groups -OCH3 is 1. The zero-order valence-corrected chi connectivity index (χ0v) is 10.4. The molecule has 0 atom stereocenters. The minimum absolute atomic E-state index is 0.727. The van der Waals surface area contributed by atoms with Crippen LogP contribution in [0, 0.1) is 13.8 Å². The van der Waals surface area contributed by atoms with Gasteiger partial charge in [0, 0.05) is 12.1 Å². The predicted octanol–water partition coefficient (Wildman–Crippen LogP) is 2.65. The van der Waals surface area contributed by atoms with E-state index >= 15 is 0 Å². The SMILES string of the molecule is COc1ccccc1CNc1c(C)n[nH]c1C. The summed E-state index contributed by atoms with van der Waals surface area (Å²) in [7, 11) is 1.69. The molecule has 0 amide bonds. The molecule has 0 bridgehead atoms. The molecule has 0 saturated heterocycles. The van der Waals surface area contributed by atoms with E-state index in [4.69, 9.17) is 4.74 Å². The van der Waals surface area contributed by atoms with E-state index in [9.17, 15) is 0 Å². The van der Waals surface area contributed by atoms with Crippen LogP contribution in [0.3, 0.4) is 0 Å². The van der Waals surface area contributed by atoms with Gasteiger partial charge in [-0.1, -0.05) is 18.2 Å². The lowest BCUT2D eigenvalue weighted by Crippen LogP contribution is -2.02. The molecule has 2 aromatic rings. The average molecular weight is 231 g/mol. The van der Waals surface area contributed by atoms with Crippen molar-refractivity contribution in [2.45, 2.75) is 20.4 Å². The molecular formula is C13H17N3O. The first-order valence-corrected chi connectivity index (χ1v) is 5.59. The van der Waals surface area contributed by atoms with Gasteiger partial charge in [0.05, 0.1) is 24.2 Å². The van der Waals surface area contributed by atoms with E-state index in [1.165, 1.54) is 0 Å². The van der Waals surface area contributed by atoms with E-state index in [1.807, 2.05) is 32.0 Å². The standard InChI is InChI=1S/C13H17N3O/c1-9-13(10(2)16-15-9)14-8-11-6-4-5-7-12(11)17-3/h4-7,14H,8H2,1-3H3,(H,15,16). The van der Waals surface area contributed by atoms with Crippen LogP contribution >= 0.6 is 0 Å². The molecule has 0 aliphatic carbocycles. The Balaban J connectivity index is 2.12. The molecule has 0 aliphatic heterocycles. The van der Waals surface area contributed by atoms with Gasteiger partial charge in [0.2, 0.25) is 0 Å². The van der Waals surface area contributed by atoms with Crippen molar-refractivity contribution in [3.8, 4) is 5.75 Å². The molecule has 4 heteroatoms. The molecule has 4 nitrogen and oxygen atoms in total. The van der Waals surface area contributed by atoms with Crippen molar-refractivity contribution in [1.29, 1.82) is 0 Å². The van der Waals surface area contributed by atoms with Crippen LogP contribution in [0.1, 0.15) is 17.0 Å². The summed E-state index contributed by atoms with van der Waals surface area (Å²) in [5.74, 6) is 0.902. The van der Waals surface area contributed by atoms with Crippen LogP contribution in [-0.4, -0.2) is 17.3 Å². The third kappa shape index (κ3) is 2.41. The van der Waals surface area contributed by atoms with Gasteiger partial charge >= 0.3 is 0 Å². The molecular weight excluding hydrogens is 214 g/mol. The second-order valence-corrected chi connectivity index (χ2v) is 3.97. The third-order valence-electron chi connectivity index (χ3n) is 2.78. The molecule has 0 radical (unpaired) electrons. The van der Waals surface area contributed by atoms with E-state index in [0.29, 0.717) is 0 Å². The average Bonchev–Trinajstić information content (AvgIpc) is 2.67. The van der Waals surface area contributed by atoms with Crippen LogP contribution in [0.5, 0.6) is 5.75 Å². The summed E-state index contributed by atoms with van der Waals surface area (Å²) in [4.78, 5) is 0. The summed E-state index contributed by atoms with van der Waals surface area (Å²) in [5.41, 5.74) is 4.24. The highest BCUT2D eigenvalue weighted by Crippen LogP contribution is 2.21. The first-order valence-electron chi connectivity index (χ1n) is 5.59. The monoisotopic (exact) mass is 231 g/mol. The molecule has 2 N–H and O–H groups in total. The number of benzene rings is 1. The Hall–Kier alpha value is -1.97. The highest BCUT2D eigenvalue weighted by molar-refractivity contribution is 5.52. The first kappa shape index (κ1) is 11.5. The smallest absolute Gasteiger partial charge is 0.123 e. The van der Waals surface area contributed by atoms with Crippen LogP contribution in [0.15, 0.2) is 24.3 Å². The van der Waals surface area contributed by atoms with Crippen LogP contribution in [0.2, 0.25) is 0 Å². The molecule has 0 spiro atoms. The number of aromatic amines is 1. The molecule has 90 valence electrons. The number of ether oxygens (including phenoxy) is 1. The second-order valence-electron chi connectivity index (χ2n) is 3.97. The lowest BCUT2D eigenvalue weighted by Gasteiger charge is -2.10. The number of H-pyrrole nitrogens is 1. The number of hydrogen-bond donors (Lipinski definition) is 2. The van der Waals surface area contributed by atoms with Crippen molar-refractivity contribution in [2.24, 2.45) is 0 Å². The zero-order chi connectivity index (χ0) is 12.3. The fourth-order valence-corrected chi connectivity index (χ4v) is 1.84. The van der Waals surface area contributed by atoms with Crippen LogP contribution < -0.4 is 10.1 Å². The largest absolute Gasteiger partial charge is 0.496 e. The first-order chi connectivity index (χ1) is 8.22. The van der Waals surface area contributed by atoms with Crippen molar-refractivity contribution in [2.75, 3.05) is 12.4 Å². The van der Waals surface area contributed by atoms with Gasteiger partial charge in [-0.2, -0.15) is 5.10 Å². The van der Waals surface area contributed by atoms with Crippen LogP contribution in [0.25, 0.3) is 0 Å². The van der Waals surface area contributed by atoms with Crippen molar-refractivity contribution in [1.82, 2.24) is 10.2 Å². The molecule has 0 aliphatic rings. The normalized spacial score (nSPS) is 10.3. The van der Waals surface area contributed by atoms with Gasteiger partial charge < -0.3 is 10.1 Å². The van der Waals surface area contributed by atoms with Crippen LogP contribution in [-0.2, 0) is 6.54 Å². The lowest BCUT2D eigenvalue weighted by atomic mass is 10.2. The maximum atomic E-state index is 5.31. The van der Waals surface area contributed by atoms with Crippen molar-refractivity contribution >= 4 is 5.69 Å². The summed E-state index contributed by atoms with van der Waals surface area (Å²) in [5, 5.41) is 10.5. The number of hydrogen-bond acceptors (Lipinski definition) is 3. The minimum Gasteiger partial charge on any atom is -0.496 e. The molecule has 0 saturated carbocycles. The quantitative estimate of drug-likeness (QED) is 0.850. The summed E-state index contributed by atoms with van der Waals surface area (Å²) >= 11 is 0. The molecule has 2 rings (SSSR count). The maximum Gasteiger partial charge on any atom is 0.123 e. The second kappa shape index (κ2) is 4.91. The van der Waals surface area contributed by atoms with E-state index in [2.05, 4.69) is 21.6 Å². The topological polar surface area (TPSA) is 49.9 Å². The third-order valence-corrected chi connectivity index (χ3v) is 2.78. The number of aryl methyl sites for hydroxylation is 2. The van der Waals surface area contributed by atoms with E-state index in [1.54, 1.807) is 7.11 Å². The minimum atomic E-state index is 0.727. The highest BCUT2D eigenvalue weighted by Gasteiger charge is 2.07. The fraction of sp³-hybridized carbons (Fsp3) is 0.308. The Kier molecular flexibility index (Phi) is 3.32. The maximum absolute atomic E-state index is 5.31. The van der Waals surface area contributed by atoms with Gasteiger partial charge in [-0.25, -0.2) is 0 Å². The summed E-state index contributed by atoms with van der Waals surface area (Å²) in [6.45, 7) is 4.71. The van der Waals surface area contributed by atoms with Gasteiger partial charge in [0.1, 0.15) is 5.75 Å². The van der Waals surface area contributed by atoms with Gasteiger partial charge in [0.25, 0.3) is 0 Å². The number of rotatable bonds is 4. The van der Waals surface area contributed by atoms with Crippen molar-refractivity contribution in [3.63, 3.8) is 0 Å². The zero-order valence-electron chi connectivity index (χ0n) is 10.4. The summed E-state index contributed by atoms with van der Waals surface area (Å²) in [6, 6.07) is 7.99. The van der Waals surface area contributed by atoms with Gasteiger partial charge in [-0.3, -0.25) is 5.10 Å². The molecule has 0 fully saturated rings. The molecule has 1 aromatic carbocycles. The summed E-state index contributed by atoms with van der Waals surface area (Å²) in [6.07, 6.45) is 0. The van der Waals surface area contributed by atoms with Gasteiger partial charge in [0.15, 0.2) is 0 Å². The van der Waals surface area contributed by atoms with Gasteiger partial charge in [-0.15, -0.1) is 0 Å².